The maximum absolute atomic E-state index is 13.0. The molecular formula is C26H27NO4. The van der Waals surface area contributed by atoms with E-state index in [4.69, 9.17) is 9.47 Å². The number of benzene rings is 3. The first kappa shape index (κ1) is 22.1. The Morgan fingerprint density at radius 1 is 0.839 bits per heavy atom. The van der Waals surface area contributed by atoms with Gasteiger partial charge in [-0.2, -0.15) is 0 Å². The molecule has 1 amide bonds. The van der Waals surface area contributed by atoms with Crippen LogP contribution in [0.15, 0.2) is 84.9 Å². The van der Waals surface area contributed by atoms with Crippen molar-refractivity contribution in [2.24, 2.45) is 0 Å². The molecule has 0 bridgehead atoms. The number of hydrogen-bond acceptors (Lipinski definition) is 4. The minimum absolute atomic E-state index is 0.249. The van der Waals surface area contributed by atoms with Gasteiger partial charge >= 0.3 is 5.97 Å². The topological polar surface area (TPSA) is 64.6 Å². The van der Waals surface area contributed by atoms with Crippen LogP contribution in [0.5, 0.6) is 5.75 Å². The number of carbonyl (C=O) groups excluding carboxylic acids is 2. The van der Waals surface area contributed by atoms with Gasteiger partial charge in [0.05, 0.1) is 18.8 Å². The zero-order valence-electron chi connectivity index (χ0n) is 17.6. The van der Waals surface area contributed by atoms with Gasteiger partial charge in [-0.1, -0.05) is 72.8 Å². The lowest BCUT2D eigenvalue weighted by atomic mass is 10.1. The molecule has 0 saturated carbocycles. The Morgan fingerprint density at radius 3 is 2.13 bits per heavy atom. The van der Waals surface area contributed by atoms with Crippen LogP contribution in [0, 0.1) is 0 Å². The van der Waals surface area contributed by atoms with Crippen molar-refractivity contribution >= 4 is 11.9 Å². The van der Waals surface area contributed by atoms with E-state index in [1.165, 1.54) is 0 Å². The van der Waals surface area contributed by atoms with Crippen molar-refractivity contribution in [3.8, 4) is 5.75 Å². The summed E-state index contributed by atoms with van der Waals surface area (Å²) in [5, 5.41) is 2.82. The molecule has 0 saturated heterocycles. The molecule has 0 aliphatic carbocycles. The smallest absolute Gasteiger partial charge is 0.328 e. The Morgan fingerprint density at radius 2 is 1.45 bits per heavy atom. The second-order valence-corrected chi connectivity index (χ2v) is 7.05. The lowest BCUT2D eigenvalue weighted by Gasteiger charge is -2.18. The number of amides is 1. The molecule has 1 atom stereocenters. The van der Waals surface area contributed by atoms with E-state index in [-0.39, 0.29) is 12.5 Å². The monoisotopic (exact) mass is 417 g/mol. The fourth-order valence-corrected chi connectivity index (χ4v) is 3.23. The summed E-state index contributed by atoms with van der Waals surface area (Å²) in [6, 6.07) is 25.8. The maximum atomic E-state index is 13.0. The van der Waals surface area contributed by atoms with Crippen LogP contribution in [0.25, 0.3) is 0 Å². The minimum Gasteiger partial charge on any atom is -0.492 e. The highest BCUT2D eigenvalue weighted by atomic mass is 16.5. The Labute approximate surface area is 183 Å². The molecule has 5 nitrogen and oxygen atoms in total. The standard InChI is InChI=1S/C26H27NO4/c1-2-30-26(29)23(19-21-13-7-4-8-14-21)27-25(28)22-15-9-10-16-24(22)31-18-17-20-11-5-3-6-12-20/h3-16,23H,2,17-19H2,1H3,(H,27,28). The van der Waals surface area contributed by atoms with Crippen molar-refractivity contribution in [2.45, 2.75) is 25.8 Å². The van der Waals surface area contributed by atoms with Gasteiger partial charge in [0, 0.05) is 12.8 Å². The lowest BCUT2D eigenvalue weighted by molar-refractivity contribution is -0.145. The first-order chi connectivity index (χ1) is 15.2. The van der Waals surface area contributed by atoms with E-state index in [0.29, 0.717) is 24.3 Å². The number of ether oxygens (including phenoxy) is 2. The van der Waals surface area contributed by atoms with E-state index in [1.807, 2.05) is 66.7 Å². The summed E-state index contributed by atoms with van der Waals surface area (Å²) in [5.41, 5.74) is 2.49. The summed E-state index contributed by atoms with van der Waals surface area (Å²) in [5.74, 6) is -0.343. The molecule has 0 aliphatic rings. The van der Waals surface area contributed by atoms with Crippen molar-refractivity contribution in [3.63, 3.8) is 0 Å². The lowest BCUT2D eigenvalue weighted by Crippen LogP contribution is -2.43. The number of nitrogens with one attached hydrogen (secondary N) is 1. The van der Waals surface area contributed by atoms with Crippen LogP contribution >= 0.6 is 0 Å². The molecule has 3 aromatic carbocycles. The van der Waals surface area contributed by atoms with Crippen LogP contribution < -0.4 is 10.1 Å². The number of carbonyl (C=O) groups is 2. The van der Waals surface area contributed by atoms with Gasteiger partial charge in [-0.25, -0.2) is 4.79 Å². The largest absolute Gasteiger partial charge is 0.492 e. The maximum Gasteiger partial charge on any atom is 0.328 e. The van der Waals surface area contributed by atoms with E-state index < -0.39 is 12.0 Å². The highest BCUT2D eigenvalue weighted by Crippen LogP contribution is 2.19. The molecule has 0 aliphatic heterocycles. The van der Waals surface area contributed by atoms with Crippen molar-refractivity contribution in [3.05, 3.63) is 102 Å². The molecule has 160 valence electrons. The molecule has 0 radical (unpaired) electrons. The third-order valence-electron chi connectivity index (χ3n) is 4.78. The summed E-state index contributed by atoms with van der Waals surface area (Å²) in [6.07, 6.45) is 1.08. The van der Waals surface area contributed by atoms with Crippen molar-refractivity contribution in [1.29, 1.82) is 0 Å². The van der Waals surface area contributed by atoms with E-state index >= 15 is 0 Å². The molecule has 3 rings (SSSR count). The number of esters is 1. The Kier molecular flexibility index (Phi) is 8.23. The molecule has 31 heavy (non-hydrogen) atoms. The van der Waals surface area contributed by atoms with Crippen LogP contribution in [0.3, 0.4) is 0 Å². The molecule has 0 fully saturated rings. The quantitative estimate of drug-likeness (QED) is 0.502. The SMILES string of the molecule is CCOC(=O)C(Cc1ccccc1)NC(=O)c1ccccc1OCCc1ccccc1. The summed E-state index contributed by atoms with van der Waals surface area (Å²) in [7, 11) is 0. The van der Waals surface area contributed by atoms with Crippen molar-refractivity contribution in [1.82, 2.24) is 5.32 Å². The molecule has 5 heteroatoms. The highest BCUT2D eigenvalue weighted by Gasteiger charge is 2.24. The molecular weight excluding hydrogens is 390 g/mol. The fourth-order valence-electron chi connectivity index (χ4n) is 3.23. The molecule has 0 heterocycles. The fraction of sp³-hybridized carbons (Fsp3) is 0.231. The number of rotatable bonds is 10. The predicted molar refractivity (Wildman–Crippen MR) is 120 cm³/mol. The molecule has 0 aromatic heterocycles. The average Bonchev–Trinajstić information content (AvgIpc) is 2.80. The van der Waals surface area contributed by atoms with E-state index in [1.54, 1.807) is 25.1 Å². The third-order valence-corrected chi connectivity index (χ3v) is 4.78. The normalized spacial score (nSPS) is 11.4. The van der Waals surface area contributed by atoms with Crippen LogP contribution in [0.4, 0.5) is 0 Å². The summed E-state index contributed by atoms with van der Waals surface area (Å²) in [6.45, 7) is 2.44. The number of para-hydroxylation sites is 1. The third kappa shape index (κ3) is 6.71. The first-order valence-electron chi connectivity index (χ1n) is 10.4. The van der Waals surface area contributed by atoms with Crippen LogP contribution in [-0.2, 0) is 22.4 Å². The summed E-state index contributed by atoms with van der Waals surface area (Å²) < 4.78 is 11.1. The molecule has 3 aromatic rings. The second kappa shape index (κ2) is 11.6. The Balaban J connectivity index is 1.68. The predicted octanol–water partition coefficient (Wildman–Crippen LogP) is 4.21. The minimum atomic E-state index is -0.785. The second-order valence-electron chi connectivity index (χ2n) is 7.05. The summed E-state index contributed by atoms with van der Waals surface area (Å²) in [4.78, 5) is 25.5. The van der Waals surface area contributed by atoms with Gasteiger partial charge in [0.25, 0.3) is 5.91 Å². The van der Waals surface area contributed by atoms with Crippen molar-refractivity contribution < 1.29 is 19.1 Å². The van der Waals surface area contributed by atoms with Gasteiger partial charge < -0.3 is 14.8 Å². The van der Waals surface area contributed by atoms with Gasteiger partial charge in [-0.3, -0.25) is 4.79 Å². The first-order valence-corrected chi connectivity index (χ1v) is 10.4. The van der Waals surface area contributed by atoms with E-state index in [0.717, 1.165) is 17.5 Å². The van der Waals surface area contributed by atoms with E-state index in [2.05, 4.69) is 5.32 Å². The van der Waals surface area contributed by atoms with Gasteiger partial charge in [0.2, 0.25) is 0 Å². The van der Waals surface area contributed by atoms with E-state index in [9.17, 15) is 9.59 Å². The zero-order chi connectivity index (χ0) is 21.9. The molecule has 0 spiro atoms. The van der Waals surface area contributed by atoms with Gasteiger partial charge in [-0.05, 0) is 30.2 Å². The van der Waals surface area contributed by atoms with Crippen LogP contribution in [0.1, 0.15) is 28.4 Å². The van der Waals surface area contributed by atoms with Crippen LogP contribution in [0.2, 0.25) is 0 Å². The van der Waals surface area contributed by atoms with Gasteiger partial charge in [0.15, 0.2) is 0 Å². The summed E-state index contributed by atoms with van der Waals surface area (Å²) >= 11 is 0. The Hall–Kier alpha value is -3.60. The van der Waals surface area contributed by atoms with Gasteiger partial charge in [0.1, 0.15) is 11.8 Å². The Bertz CT molecular complexity index is 973. The van der Waals surface area contributed by atoms with Crippen molar-refractivity contribution in [2.75, 3.05) is 13.2 Å². The number of hydrogen-bond donors (Lipinski definition) is 1. The van der Waals surface area contributed by atoms with Gasteiger partial charge in [-0.15, -0.1) is 0 Å². The molecule has 1 N–H and O–H groups in total. The highest BCUT2D eigenvalue weighted by molar-refractivity contribution is 5.99. The van der Waals surface area contributed by atoms with Crippen LogP contribution in [-0.4, -0.2) is 31.1 Å². The zero-order valence-corrected chi connectivity index (χ0v) is 17.6. The molecule has 1 unspecified atom stereocenters. The average molecular weight is 418 g/mol.